The molecule has 0 spiro atoms. The summed E-state index contributed by atoms with van der Waals surface area (Å²) in [5.41, 5.74) is -0.318. The van der Waals surface area contributed by atoms with Gasteiger partial charge in [-0.25, -0.2) is 4.68 Å². The van der Waals surface area contributed by atoms with E-state index in [1.54, 1.807) is 0 Å². The summed E-state index contributed by atoms with van der Waals surface area (Å²) in [6, 6.07) is 2.50. The van der Waals surface area contributed by atoms with Crippen molar-refractivity contribution >= 4 is 5.91 Å². The number of carbonyl (C=O) groups is 1. The van der Waals surface area contributed by atoms with Gasteiger partial charge < -0.3 is 4.90 Å². The predicted molar refractivity (Wildman–Crippen MR) is 73.5 cm³/mol. The number of hydrogen-bond donors (Lipinski definition) is 0. The van der Waals surface area contributed by atoms with Gasteiger partial charge in [-0.2, -0.15) is 18.3 Å². The number of nitrogens with zero attached hydrogens (tertiary/aromatic N) is 3. The fourth-order valence-electron chi connectivity index (χ4n) is 2.53. The van der Waals surface area contributed by atoms with E-state index in [0.29, 0.717) is 19.4 Å². The third-order valence-electron chi connectivity index (χ3n) is 3.69. The van der Waals surface area contributed by atoms with E-state index in [4.69, 9.17) is 0 Å². The van der Waals surface area contributed by atoms with E-state index in [2.05, 4.69) is 5.10 Å². The van der Waals surface area contributed by atoms with E-state index >= 15 is 0 Å². The lowest BCUT2D eigenvalue weighted by Crippen LogP contribution is -2.45. The minimum atomic E-state index is -4.30. The van der Waals surface area contributed by atoms with Gasteiger partial charge in [0.2, 0.25) is 0 Å². The van der Waals surface area contributed by atoms with Gasteiger partial charge in [0, 0.05) is 25.7 Å². The maximum absolute atomic E-state index is 12.8. The Morgan fingerprint density at radius 3 is 2.77 bits per heavy atom. The Labute approximate surface area is 125 Å². The van der Waals surface area contributed by atoms with Gasteiger partial charge in [-0.15, -0.1) is 0 Å². The Hall–Kier alpha value is -1.86. The number of carbonyl (C=O) groups excluding carboxylic acids is 1. The van der Waals surface area contributed by atoms with Crippen LogP contribution in [0.5, 0.6) is 0 Å². The molecule has 1 fully saturated rings. The van der Waals surface area contributed by atoms with E-state index in [-0.39, 0.29) is 30.8 Å². The van der Waals surface area contributed by atoms with Gasteiger partial charge in [0.25, 0.3) is 11.5 Å². The van der Waals surface area contributed by atoms with Crippen molar-refractivity contribution in [2.75, 3.05) is 13.1 Å². The summed E-state index contributed by atoms with van der Waals surface area (Å²) in [5.74, 6) is -2.05. The van der Waals surface area contributed by atoms with Crippen LogP contribution < -0.4 is 5.56 Å². The van der Waals surface area contributed by atoms with Crippen LogP contribution in [0.25, 0.3) is 0 Å². The normalized spacial score (nSPS) is 19.3. The van der Waals surface area contributed by atoms with E-state index in [9.17, 15) is 22.8 Å². The molecule has 1 aromatic rings. The molecule has 1 saturated heterocycles. The van der Waals surface area contributed by atoms with Crippen molar-refractivity contribution in [2.45, 2.75) is 38.9 Å². The first-order chi connectivity index (χ1) is 10.3. The minimum Gasteiger partial charge on any atom is -0.337 e. The van der Waals surface area contributed by atoms with Gasteiger partial charge in [0.1, 0.15) is 5.69 Å². The SMILES string of the molecule is CCCn1nc(C(=O)N2CCC[C@@H](C(F)(F)F)C2)ccc1=O. The lowest BCUT2D eigenvalue weighted by molar-refractivity contribution is -0.184. The van der Waals surface area contributed by atoms with Crippen molar-refractivity contribution in [3.63, 3.8) is 0 Å². The van der Waals surface area contributed by atoms with Crippen LogP contribution in [0.2, 0.25) is 0 Å². The number of rotatable bonds is 3. The second kappa shape index (κ2) is 6.50. The van der Waals surface area contributed by atoms with Crippen LogP contribution >= 0.6 is 0 Å². The molecule has 2 rings (SSSR count). The number of aromatic nitrogens is 2. The van der Waals surface area contributed by atoms with Crippen LogP contribution in [-0.4, -0.2) is 39.9 Å². The number of piperidine rings is 1. The molecule has 22 heavy (non-hydrogen) atoms. The Balaban J connectivity index is 2.17. The van der Waals surface area contributed by atoms with Gasteiger partial charge >= 0.3 is 6.18 Å². The van der Waals surface area contributed by atoms with Crippen molar-refractivity contribution < 1.29 is 18.0 Å². The molecule has 1 aliphatic rings. The molecule has 0 saturated carbocycles. The van der Waals surface area contributed by atoms with Crippen molar-refractivity contribution in [2.24, 2.45) is 5.92 Å². The summed E-state index contributed by atoms with van der Waals surface area (Å²) in [5, 5.41) is 3.96. The van der Waals surface area contributed by atoms with Crippen LogP contribution in [0, 0.1) is 5.92 Å². The van der Waals surface area contributed by atoms with Gasteiger partial charge in [-0.1, -0.05) is 6.92 Å². The molecule has 1 aromatic heterocycles. The van der Waals surface area contributed by atoms with Crippen LogP contribution in [0.4, 0.5) is 13.2 Å². The summed E-state index contributed by atoms with van der Waals surface area (Å²) in [6.07, 6.45) is -3.28. The average Bonchev–Trinajstić information content (AvgIpc) is 2.48. The van der Waals surface area contributed by atoms with E-state index in [1.807, 2.05) is 6.92 Å². The highest BCUT2D eigenvalue weighted by Crippen LogP contribution is 2.33. The van der Waals surface area contributed by atoms with E-state index in [0.717, 1.165) is 0 Å². The monoisotopic (exact) mass is 317 g/mol. The highest BCUT2D eigenvalue weighted by molar-refractivity contribution is 5.92. The summed E-state index contributed by atoms with van der Waals surface area (Å²) in [6.45, 7) is 2.16. The molecule has 0 aliphatic carbocycles. The molecule has 1 amide bonds. The lowest BCUT2D eigenvalue weighted by Gasteiger charge is -2.33. The fourth-order valence-corrected chi connectivity index (χ4v) is 2.53. The summed E-state index contributed by atoms with van der Waals surface area (Å²) >= 11 is 0. The highest BCUT2D eigenvalue weighted by atomic mass is 19.4. The number of halogens is 3. The summed E-state index contributed by atoms with van der Waals surface area (Å²) < 4.78 is 39.6. The largest absolute Gasteiger partial charge is 0.393 e. The molecule has 5 nitrogen and oxygen atoms in total. The Kier molecular flexibility index (Phi) is 4.87. The first kappa shape index (κ1) is 16.5. The van der Waals surface area contributed by atoms with Gasteiger partial charge in [0.15, 0.2) is 0 Å². The Morgan fingerprint density at radius 1 is 1.41 bits per heavy atom. The summed E-state index contributed by atoms with van der Waals surface area (Å²) in [4.78, 5) is 25.1. The van der Waals surface area contributed by atoms with Crippen molar-refractivity contribution in [3.05, 3.63) is 28.2 Å². The van der Waals surface area contributed by atoms with Gasteiger partial charge in [-0.3, -0.25) is 9.59 Å². The number of likely N-dealkylation sites (tertiary alicyclic amines) is 1. The van der Waals surface area contributed by atoms with Gasteiger partial charge in [0.05, 0.1) is 5.92 Å². The first-order valence-electron chi connectivity index (χ1n) is 7.27. The maximum atomic E-state index is 12.8. The topological polar surface area (TPSA) is 55.2 Å². The zero-order valence-corrected chi connectivity index (χ0v) is 12.3. The van der Waals surface area contributed by atoms with E-state index in [1.165, 1.54) is 21.7 Å². The molecule has 1 aliphatic heterocycles. The quantitative estimate of drug-likeness (QED) is 0.857. The van der Waals surface area contributed by atoms with Crippen molar-refractivity contribution in [3.8, 4) is 0 Å². The molecular formula is C14H18F3N3O2. The molecule has 0 radical (unpaired) electrons. The number of aryl methyl sites for hydroxylation is 1. The molecule has 8 heteroatoms. The third kappa shape index (κ3) is 3.66. The van der Waals surface area contributed by atoms with Gasteiger partial charge in [-0.05, 0) is 25.3 Å². The summed E-state index contributed by atoms with van der Waals surface area (Å²) in [7, 11) is 0. The van der Waals surface area contributed by atoms with Crippen LogP contribution in [0.3, 0.4) is 0 Å². The zero-order chi connectivity index (χ0) is 16.3. The minimum absolute atomic E-state index is 0.0101. The smallest absolute Gasteiger partial charge is 0.337 e. The molecule has 0 unspecified atom stereocenters. The fraction of sp³-hybridized carbons (Fsp3) is 0.643. The Bertz CT molecular complexity index is 598. The molecule has 2 heterocycles. The van der Waals surface area contributed by atoms with Crippen LogP contribution in [-0.2, 0) is 6.54 Å². The standard InChI is InChI=1S/C14H18F3N3O2/c1-2-7-20-12(21)6-5-11(18-20)13(22)19-8-3-4-10(9-19)14(15,16)17/h5-6,10H,2-4,7-9H2,1H3/t10-/m1/s1. The second-order valence-electron chi connectivity index (χ2n) is 5.41. The third-order valence-corrected chi connectivity index (χ3v) is 3.69. The molecule has 0 N–H and O–H groups in total. The predicted octanol–water partition coefficient (Wildman–Crippen LogP) is 2.07. The van der Waals surface area contributed by atoms with Crippen molar-refractivity contribution in [1.82, 2.24) is 14.7 Å². The Morgan fingerprint density at radius 2 is 2.14 bits per heavy atom. The lowest BCUT2D eigenvalue weighted by atomic mass is 9.97. The average molecular weight is 317 g/mol. The molecule has 0 aromatic carbocycles. The van der Waals surface area contributed by atoms with Crippen molar-refractivity contribution in [1.29, 1.82) is 0 Å². The maximum Gasteiger partial charge on any atom is 0.393 e. The van der Waals surface area contributed by atoms with E-state index < -0.39 is 18.0 Å². The zero-order valence-electron chi connectivity index (χ0n) is 12.3. The molecule has 122 valence electrons. The van der Waals surface area contributed by atoms with Crippen LogP contribution in [0.1, 0.15) is 36.7 Å². The number of hydrogen-bond acceptors (Lipinski definition) is 3. The molecular weight excluding hydrogens is 299 g/mol. The number of alkyl halides is 3. The first-order valence-corrected chi connectivity index (χ1v) is 7.27. The molecule has 0 bridgehead atoms. The van der Waals surface area contributed by atoms with Crippen LogP contribution in [0.15, 0.2) is 16.9 Å². The molecule has 1 atom stereocenters. The number of amides is 1. The highest BCUT2D eigenvalue weighted by Gasteiger charge is 2.42. The second-order valence-corrected chi connectivity index (χ2v) is 5.41.